The van der Waals surface area contributed by atoms with Gasteiger partial charge in [-0.05, 0) is 93.7 Å². The summed E-state index contributed by atoms with van der Waals surface area (Å²) in [7, 11) is 0. The fourth-order valence-corrected chi connectivity index (χ4v) is 6.34. The number of hydrogen-bond donors (Lipinski definition) is 1. The van der Waals surface area contributed by atoms with E-state index in [1.807, 2.05) is 11.8 Å². The molecule has 0 saturated heterocycles. The third kappa shape index (κ3) is 5.22. The predicted molar refractivity (Wildman–Crippen MR) is 135 cm³/mol. The highest BCUT2D eigenvalue weighted by atomic mass is 32.2. The summed E-state index contributed by atoms with van der Waals surface area (Å²) in [4.78, 5) is 6.41. The standard InChI is InChI=1S/C27H42N2S/c1-19(2)16-23-8-9-24(25(17-23)30-7)21(5)18-28-22(6)26-10-13-27(14-11-26,15-12-26)29-20(3)4/h8-9,17-20,29H,10-16H2,1-7H3/b21-18+,28-22+. The Hall–Kier alpha value is -1.06. The molecule has 0 aromatic heterocycles. The van der Waals surface area contributed by atoms with Crippen molar-refractivity contribution >= 4 is 23.0 Å². The molecule has 0 amide bonds. The fraction of sp³-hybridized carbons (Fsp3) is 0.667. The molecule has 0 unspecified atom stereocenters. The molecule has 3 heteroatoms. The summed E-state index contributed by atoms with van der Waals surface area (Å²) in [6, 6.07) is 7.54. The maximum Gasteiger partial charge on any atom is 0.0302 e. The van der Waals surface area contributed by atoms with E-state index in [4.69, 9.17) is 4.99 Å². The third-order valence-electron chi connectivity index (χ3n) is 7.40. The Morgan fingerprint density at radius 1 is 1.07 bits per heavy atom. The van der Waals surface area contributed by atoms with Crippen LogP contribution in [0.4, 0.5) is 0 Å². The van der Waals surface area contributed by atoms with E-state index in [0.717, 1.165) is 6.42 Å². The van der Waals surface area contributed by atoms with Crippen LogP contribution in [-0.2, 0) is 6.42 Å². The first-order valence-corrected chi connectivity index (χ1v) is 13.1. The van der Waals surface area contributed by atoms with Gasteiger partial charge in [-0.15, -0.1) is 11.8 Å². The van der Waals surface area contributed by atoms with Crippen molar-refractivity contribution in [3.8, 4) is 0 Å². The lowest BCUT2D eigenvalue weighted by molar-refractivity contribution is 0.0639. The summed E-state index contributed by atoms with van der Waals surface area (Å²) in [5.74, 6) is 0.689. The monoisotopic (exact) mass is 426 g/mol. The number of rotatable bonds is 8. The van der Waals surface area contributed by atoms with Gasteiger partial charge in [-0.2, -0.15) is 0 Å². The zero-order chi connectivity index (χ0) is 21.9. The second kappa shape index (κ2) is 9.61. The van der Waals surface area contributed by atoms with Gasteiger partial charge >= 0.3 is 0 Å². The minimum atomic E-state index is 0.334. The largest absolute Gasteiger partial charge is 0.309 e. The van der Waals surface area contributed by atoms with Crippen LogP contribution in [0.2, 0.25) is 0 Å². The summed E-state index contributed by atoms with van der Waals surface area (Å²) in [6.07, 6.45) is 13.2. The molecule has 30 heavy (non-hydrogen) atoms. The molecule has 0 atom stereocenters. The molecule has 2 bridgehead atoms. The zero-order valence-corrected chi connectivity index (χ0v) is 21.1. The Morgan fingerprint density at radius 3 is 2.23 bits per heavy atom. The van der Waals surface area contributed by atoms with Crippen molar-refractivity contribution in [3.63, 3.8) is 0 Å². The molecule has 3 aliphatic carbocycles. The Kier molecular flexibility index (Phi) is 7.56. The second-order valence-electron chi connectivity index (χ2n) is 10.5. The van der Waals surface area contributed by atoms with Gasteiger partial charge in [0.1, 0.15) is 0 Å². The first-order chi connectivity index (χ1) is 14.2. The fourth-order valence-electron chi connectivity index (χ4n) is 5.62. The van der Waals surface area contributed by atoms with Gasteiger partial charge < -0.3 is 5.32 Å². The number of fused-ring (bicyclic) bond motifs is 3. The first-order valence-electron chi connectivity index (χ1n) is 11.9. The predicted octanol–water partition coefficient (Wildman–Crippen LogP) is 7.52. The lowest BCUT2D eigenvalue weighted by Gasteiger charge is -2.54. The molecule has 3 aliphatic rings. The van der Waals surface area contributed by atoms with E-state index < -0.39 is 0 Å². The van der Waals surface area contributed by atoms with Crippen LogP contribution in [0.3, 0.4) is 0 Å². The summed E-state index contributed by atoms with van der Waals surface area (Å²) >= 11 is 1.85. The van der Waals surface area contributed by atoms with Crippen LogP contribution in [0, 0.1) is 11.3 Å². The minimum Gasteiger partial charge on any atom is -0.309 e. The lowest BCUT2D eigenvalue weighted by atomic mass is 9.55. The molecule has 0 aliphatic heterocycles. The Morgan fingerprint density at radius 2 is 1.70 bits per heavy atom. The summed E-state index contributed by atoms with van der Waals surface area (Å²) in [5.41, 5.74) is 6.12. The highest BCUT2D eigenvalue weighted by molar-refractivity contribution is 7.98. The molecular formula is C27H42N2S. The van der Waals surface area contributed by atoms with Crippen molar-refractivity contribution in [1.82, 2.24) is 5.32 Å². The number of hydrogen-bond acceptors (Lipinski definition) is 3. The van der Waals surface area contributed by atoms with Crippen LogP contribution in [-0.4, -0.2) is 23.5 Å². The lowest BCUT2D eigenvalue weighted by Crippen LogP contribution is -2.58. The average Bonchev–Trinajstić information content (AvgIpc) is 2.71. The van der Waals surface area contributed by atoms with E-state index in [-0.39, 0.29) is 0 Å². The normalized spacial score (nSPS) is 27.4. The Bertz CT molecular complexity index is 779. The number of nitrogens with zero attached hydrogens (tertiary/aromatic N) is 1. The summed E-state index contributed by atoms with van der Waals surface area (Å²) in [5, 5.41) is 3.89. The van der Waals surface area contributed by atoms with Crippen LogP contribution in [0.25, 0.3) is 5.57 Å². The Labute approximate surface area is 189 Å². The smallest absolute Gasteiger partial charge is 0.0302 e. The number of aliphatic imine (C=N–C) groups is 1. The zero-order valence-electron chi connectivity index (χ0n) is 20.3. The van der Waals surface area contributed by atoms with Crippen molar-refractivity contribution in [2.75, 3.05) is 6.26 Å². The van der Waals surface area contributed by atoms with Crippen molar-refractivity contribution in [3.05, 3.63) is 35.5 Å². The molecule has 166 valence electrons. The summed E-state index contributed by atoms with van der Waals surface area (Å²) < 4.78 is 0. The SMILES string of the molecule is CSc1cc(CC(C)C)ccc1/C(C)=C/N=C(\C)C12CCC(NC(C)C)(CC1)CC2. The number of nitrogens with one attached hydrogen (secondary N) is 1. The van der Waals surface area contributed by atoms with Gasteiger partial charge in [-0.3, -0.25) is 4.99 Å². The van der Waals surface area contributed by atoms with E-state index in [2.05, 4.69) is 77.5 Å². The minimum absolute atomic E-state index is 0.334. The molecule has 1 N–H and O–H groups in total. The Balaban J connectivity index is 1.75. The summed E-state index contributed by atoms with van der Waals surface area (Å²) in [6.45, 7) is 13.6. The molecule has 1 aromatic carbocycles. The van der Waals surface area contributed by atoms with Crippen LogP contribution in [0.15, 0.2) is 34.3 Å². The number of benzene rings is 1. The van der Waals surface area contributed by atoms with Gasteiger partial charge in [0.05, 0.1) is 0 Å². The topological polar surface area (TPSA) is 24.4 Å². The van der Waals surface area contributed by atoms with E-state index in [0.29, 0.717) is 22.9 Å². The molecule has 4 rings (SSSR count). The maximum atomic E-state index is 5.05. The van der Waals surface area contributed by atoms with E-state index >= 15 is 0 Å². The quantitative estimate of drug-likeness (QED) is 0.343. The second-order valence-corrected chi connectivity index (χ2v) is 11.4. The maximum absolute atomic E-state index is 5.05. The third-order valence-corrected chi connectivity index (χ3v) is 8.17. The van der Waals surface area contributed by atoms with E-state index in [9.17, 15) is 0 Å². The van der Waals surface area contributed by atoms with Crippen LogP contribution < -0.4 is 5.32 Å². The highest BCUT2D eigenvalue weighted by Gasteiger charge is 2.49. The van der Waals surface area contributed by atoms with Crippen LogP contribution in [0.1, 0.15) is 91.2 Å². The molecule has 0 radical (unpaired) electrons. The molecule has 3 fully saturated rings. The van der Waals surface area contributed by atoms with E-state index in [1.165, 1.54) is 65.8 Å². The van der Waals surface area contributed by atoms with Gasteiger partial charge in [0.2, 0.25) is 0 Å². The molecule has 2 nitrogen and oxygen atoms in total. The number of thioether (sulfide) groups is 1. The van der Waals surface area contributed by atoms with Gasteiger partial charge in [-0.1, -0.05) is 39.8 Å². The van der Waals surface area contributed by atoms with E-state index in [1.54, 1.807) is 0 Å². The first kappa shape index (κ1) is 23.6. The van der Waals surface area contributed by atoms with Crippen LogP contribution in [0.5, 0.6) is 0 Å². The molecule has 1 aromatic rings. The molecule has 3 saturated carbocycles. The number of allylic oxidation sites excluding steroid dienone is 1. The highest BCUT2D eigenvalue weighted by Crippen LogP contribution is 2.53. The molecule has 0 spiro atoms. The van der Waals surface area contributed by atoms with Crippen LogP contribution >= 0.6 is 11.8 Å². The van der Waals surface area contributed by atoms with Crippen molar-refractivity contribution in [2.24, 2.45) is 16.3 Å². The molecular weight excluding hydrogens is 384 g/mol. The van der Waals surface area contributed by atoms with Gasteiger partial charge in [0.15, 0.2) is 0 Å². The van der Waals surface area contributed by atoms with Gasteiger partial charge in [0.25, 0.3) is 0 Å². The van der Waals surface area contributed by atoms with Crippen molar-refractivity contribution in [2.45, 2.75) is 103 Å². The average molecular weight is 427 g/mol. The van der Waals surface area contributed by atoms with Crippen molar-refractivity contribution < 1.29 is 0 Å². The molecule has 0 heterocycles. The van der Waals surface area contributed by atoms with Gasteiger partial charge in [-0.25, -0.2) is 0 Å². The van der Waals surface area contributed by atoms with Gasteiger partial charge in [0, 0.05) is 33.8 Å². The van der Waals surface area contributed by atoms with Crippen molar-refractivity contribution in [1.29, 1.82) is 0 Å².